The molecular weight excluding hydrogens is 335 g/mol. The molecule has 0 amide bonds. The molecular formula is C13H18Cl2N2O3S. The van der Waals surface area contributed by atoms with E-state index < -0.39 is 22.2 Å². The molecule has 1 fully saturated rings. The van der Waals surface area contributed by atoms with Gasteiger partial charge in [0.25, 0.3) is 0 Å². The van der Waals surface area contributed by atoms with E-state index in [1.54, 1.807) is 19.9 Å². The molecule has 0 radical (unpaired) electrons. The highest BCUT2D eigenvalue weighted by atomic mass is 35.5. The van der Waals surface area contributed by atoms with E-state index in [4.69, 9.17) is 23.2 Å². The molecule has 1 saturated heterocycles. The zero-order chi connectivity index (χ0) is 15.9. The van der Waals surface area contributed by atoms with Crippen LogP contribution < -0.4 is 5.32 Å². The third-order valence-electron chi connectivity index (χ3n) is 3.84. The van der Waals surface area contributed by atoms with Gasteiger partial charge in [-0.1, -0.05) is 23.2 Å². The Balaban J connectivity index is 2.54. The van der Waals surface area contributed by atoms with Gasteiger partial charge in [-0.2, -0.15) is 4.31 Å². The maximum absolute atomic E-state index is 12.9. The molecule has 1 aromatic carbocycles. The van der Waals surface area contributed by atoms with Gasteiger partial charge in [0.15, 0.2) is 0 Å². The number of benzene rings is 1. The fourth-order valence-electron chi connectivity index (χ4n) is 2.46. The molecule has 0 aromatic heterocycles. The van der Waals surface area contributed by atoms with Crippen molar-refractivity contribution >= 4 is 33.2 Å². The minimum atomic E-state index is -3.84. The van der Waals surface area contributed by atoms with E-state index in [0.717, 1.165) is 0 Å². The van der Waals surface area contributed by atoms with Crippen LogP contribution in [0.15, 0.2) is 11.0 Å². The fourth-order valence-corrected chi connectivity index (χ4v) is 5.01. The third-order valence-corrected chi connectivity index (χ3v) is 6.89. The zero-order valence-corrected chi connectivity index (χ0v) is 14.3. The molecule has 0 saturated carbocycles. The van der Waals surface area contributed by atoms with Crippen LogP contribution in [0.4, 0.5) is 0 Å². The Labute approximate surface area is 134 Å². The van der Waals surface area contributed by atoms with Crippen LogP contribution in [-0.2, 0) is 10.0 Å². The number of aliphatic hydroxyl groups excluding tert-OH is 1. The largest absolute Gasteiger partial charge is 0.390 e. The first-order valence-electron chi connectivity index (χ1n) is 6.50. The Morgan fingerprint density at radius 1 is 1.33 bits per heavy atom. The molecule has 1 aromatic rings. The molecule has 1 aliphatic heterocycles. The zero-order valence-electron chi connectivity index (χ0n) is 12.0. The Morgan fingerprint density at radius 3 is 2.48 bits per heavy atom. The molecule has 0 bridgehead atoms. The van der Waals surface area contributed by atoms with Crippen LogP contribution in [0.1, 0.15) is 11.1 Å². The van der Waals surface area contributed by atoms with Crippen molar-refractivity contribution in [1.29, 1.82) is 0 Å². The summed E-state index contributed by atoms with van der Waals surface area (Å²) in [5, 5.41) is 13.4. The lowest BCUT2D eigenvalue weighted by Gasteiger charge is -2.27. The monoisotopic (exact) mass is 352 g/mol. The molecule has 2 N–H and O–H groups in total. The highest BCUT2D eigenvalue weighted by Gasteiger charge is 2.37. The first kappa shape index (κ1) is 17.0. The number of aryl methyl sites for hydroxylation is 1. The molecule has 8 heteroatoms. The number of hydrogen-bond donors (Lipinski definition) is 2. The predicted octanol–water partition coefficient (Wildman–Crippen LogP) is 1.56. The highest BCUT2D eigenvalue weighted by Crippen LogP contribution is 2.35. The van der Waals surface area contributed by atoms with E-state index >= 15 is 0 Å². The average molecular weight is 353 g/mol. The molecule has 1 heterocycles. The van der Waals surface area contributed by atoms with Gasteiger partial charge in [-0.15, -0.1) is 0 Å². The summed E-state index contributed by atoms with van der Waals surface area (Å²) in [6, 6.07) is 1.12. The SMILES string of the molecule is Cc1cc(Cl)c(C)c(S(=O)(=O)N(C)[C@@H]2CNC[C@H]2O)c1Cl. The van der Waals surface area contributed by atoms with Crippen molar-refractivity contribution in [2.75, 3.05) is 20.1 Å². The van der Waals surface area contributed by atoms with Crippen LogP contribution in [0.3, 0.4) is 0 Å². The van der Waals surface area contributed by atoms with Gasteiger partial charge in [0.2, 0.25) is 10.0 Å². The number of sulfonamides is 1. The number of β-amino-alcohol motifs (C(OH)–C–C–N with tert-alkyl or cyclic N) is 1. The summed E-state index contributed by atoms with van der Waals surface area (Å²) >= 11 is 12.3. The van der Waals surface area contributed by atoms with Crippen LogP contribution in [-0.4, -0.2) is 50.1 Å². The molecule has 0 spiro atoms. The van der Waals surface area contributed by atoms with Gasteiger partial charge in [-0.05, 0) is 31.0 Å². The van der Waals surface area contributed by atoms with E-state index in [1.165, 1.54) is 11.4 Å². The molecule has 2 rings (SSSR count). The molecule has 0 unspecified atom stereocenters. The average Bonchev–Trinajstić information content (AvgIpc) is 2.81. The molecule has 1 aliphatic rings. The number of halogens is 2. The Morgan fingerprint density at radius 2 is 1.95 bits per heavy atom. The van der Waals surface area contributed by atoms with Crippen molar-refractivity contribution in [2.24, 2.45) is 0 Å². The number of nitrogens with zero attached hydrogens (tertiary/aromatic N) is 1. The van der Waals surface area contributed by atoms with Gasteiger partial charge in [0, 0.05) is 25.2 Å². The first-order valence-corrected chi connectivity index (χ1v) is 8.69. The fraction of sp³-hybridized carbons (Fsp3) is 0.538. The Hall–Kier alpha value is -0.370. The summed E-state index contributed by atoms with van der Waals surface area (Å²) in [6.07, 6.45) is -0.746. The van der Waals surface area contributed by atoms with Gasteiger partial charge in [0.1, 0.15) is 4.90 Å². The second kappa shape index (κ2) is 6.02. The van der Waals surface area contributed by atoms with E-state index in [9.17, 15) is 13.5 Å². The van der Waals surface area contributed by atoms with Gasteiger partial charge in [0.05, 0.1) is 17.2 Å². The maximum atomic E-state index is 12.9. The van der Waals surface area contributed by atoms with Crippen molar-refractivity contribution in [3.63, 3.8) is 0 Å². The predicted molar refractivity (Wildman–Crippen MR) is 83.5 cm³/mol. The van der Waals surface area contributed by atoms with Crippen molar-refractivity contribution < 1.29 is 13.5 Å². The Bertz CT molecular complexity index is 638. The normalized spacial score (nSPS) is 23.0. The van der Waals surface area contributed by atoms with Crippen LogP contribution >= 0.6 is 23.2 Å². The summed E-state index contributed by atoms with van der Waals surface area (Å²) in [4.78, 5) is 0.00997. The summed E-state index contributed by atoms with van der Waals surface area (Å²) in [7, 11) is -2.40. The molecule has 118 valence electrons. The second-order valence-corrected chi connectivity index (χ2v) is 7.98. The quantitative estimate of drug-likeness (QED) is 0.866. The number of hydrogen-bond acceptors (Lipinski definition) is 4. The summed E-state index contributed by atoms with van der Waals surface area (Å²) in [5.74, 6) is 0. The standard InChI is InChI=1S/C13H18Cl2N2O3S/c1-7-4-9(14)8(2)13(12(7)15)21(19,20)17(3)10-5-16-6-11(10)18/h4,10-11,16,18H,5-6H2,1-3H3/t10-,11-/m1/s1. The second-order valence-electron chi connectivity index (χ2n) is 5.26. The Kier molecular flexibility index (Phi) is 4.87. The van der Waals surface area contributed by atoms with E-state index in [0.29, 0.717) is 29.2 Å². The van der Waals surface area contributed by atoms with Crippen molar-refractivity contribution in [1.82, 2.24) is 9.62 Å². The topological polar surface area (TPSA) is 69.6 Å². The summed E-state index contributed by atoms with van der Waals surface area (Å²) < 4.78 is 26.9. The van der Waals surface area contributed by atoms with Crippen molar-refractivity contribution in [3.05, 3.63) is 27.2 Å². The van der Waals surface area contributed by atoms with E-state index in [2.05, 4.69) is 5.32 Å². The minimum absolute atomic E-state index is 0.00997. The minimum Gasteiger partial charge on any atom is -0.390 e. The van der Waals surface area contributed by atoms with Gasteiger partial charge >= 0.3 is 0 Å². The lowest BCUT2D eigenvalue weighted by molar-refractivity contribution is 0.136. The maximum Gasteiger partial charge on any atom is 0.245 e. The van der Waals surface area contributed by atoms with E-state index in [-0.39, 0.29) is 9.92 Å². The number of aliphatic hydroxyl groups is 1. The molecule has 21 heavy (non-hydrogen) atoms. The smallest absolute Gasteiger partial charge is 0.245 e. The highest BCUT2D eigenvalue weighted by molar-refractivity contribution is 7.89. The van der Waals surface area contributed by atoms with Crippen LogP contribution in [0.5, 0.6) is 0 Å². The molecule has 0 aliphatic carbocycles. The van der Waals surface area contributed by atoms with Gasteiger partial charge in [-0.25, -0.2) is 8.42 Å². The van der Waals surface area contributed by atoms with E-state index in [1.807, 2.05) is 0 Å². The van der Waals surface area contributed by atoms with Crippen LogP contribution in [0, 0.1) is 13.8 Å². The van der Waals surface area contributed by atoms with Gasteiger partial charge in [-0.3, -0.25) is 0 Å². The summed E-state index contributed by atoms with van der Waals surface area (Å²) in [5.41, 5.74) is 1.02. The number of rotatable bonds is 3. The van der Waals surface area contributed by atoms with Crippen molar-refractivity contribution in [3.8, 4) is 0 Å². The first-order chi connectivity index (χ1) is 9.67. The van der Waals surface area contributed by atoms with Crippen molar-refractivity contribution in [2.45, 2.75) is 30.9 Å². The van der Waals surface area contributed by atoms with Gasteiger partial charge < -0.3 is 10.4 Å². The number of nitrogens with one attached hydrogen (secondary N) is 1. The van der Waals surface area contributed by atoms with Crippen LogP contribution in [0.2, 0.25) is 10.0 Å². The third kappa shape index (κ3) is 2.93. The van der Waals surface area contributed by atoms with Crippen LogP contribution in [0.25, 0.3) is 0 Å². The lowest BCUT2D eigenvalue weighted by Crippen LogP contribution is -2.44. The lowest BCUT2D eigenvalue weighted by atomic mass is 10.2. The molecule has 2 atom stereocenters. The summed E-state index contributed by atoms with van der Waals surface area (Å²) in [6.45, 7) is 4.09. The number of likely N-dealkylation sites (N-methyl/N-ethyl adjacent to an activating group) is 1. The molecule has 5 nitrogen and oxygen atoms in total.